The van der Waals surface area contributed by atoms with E-state index in [0.717, 1.165) is 16.8 Å². The number of rotatable bonds is 5. The number of methoxy groups -OCH3 is 2. The number of anilines is 2. The van der Waals surface area contributed by atoms with Crippen LogP contribution in [-0.4, -0.2) is 52.1 Å². The third kappa shape index (κ3) is 5.98. The summed E-state index contributed by atoms with van der Waals surface area (Å²) in [6.45, 7) is 5.16. The first kappa shape index (κ1) is 23.7. The number of carboxylic acid groups (broad SMARTS) is 1. The molecule has 31 heavy (non-hydrogen) atoms. The molecule has 0 spiro atoms. The fourth-order valence-corrected chi connectivity index (χ4v) is 2.86. The van der Waals surface area contributed by atoms with E-state index in [0.29, 0.717) is 29.5 Å². The molecule has 1 aliphatic heterocycles. The molecule has 10 heteroatoms. The summed E-state index contributed by atoms with van der Waals surface area (Å²) in [4.78, 5) is 17.6. The fraction of sp³-hybridized carbons (Fsp3) is 0.381. The Morgan fingerprint density at radius 1 is 1.23 bits per heavy atom. The van der Waals surface area contributed by atoms with E-state index in [2.05, 4.69) is 9.97 Å². The predicted octanol–water partition coefficient (Wildman–Crippen LogP) is 1.89. The first-order valence-corrected chi connectivity index (χ1v) is 9.43. The third-order valence-electron chi connectivity index (χ3n) is 4.31. The van der Waals surface area contributed by atoms with Crippen molar-refractivity contribution in [2.24, 2.45) is 0 Å². The van der Waals surface area contributed by atoms with Crippen LogP contribution in [0.3, 0.4) is 0 Å². The number of fused-ring (bicyclic) bond motifs is 1. The lowest BCUT2D eigenvalue weighted by molar-refractivity contribution is -0.145. The lowest BCUT2D eigenvalue weighted by Gasteiger charge is -2.30. The zero-order valence-corrected chi connectivity index (χ0v) is 18.2. The average molecular weight is 432 g/mol. The van der Waals surface area contributed by atoms with Crippen LogP contribution in [0.25, 0.3) is 6.08 Å². The van der Waals surface area contributed by atoms with Gasteiger partial charge in [0.05, 0.1) is 19.9 Å². The predicted molar refractivity (Wildman–Crippen MR) is 116 cm³/mol. The molecule has 1 aromatic carbocycles. The average Bonchev–Trinajstić information content (AvgIpc) is 2.66. The van der Waals surface area contributed by atoms with Crippen LogP contribution in [-0.2, 0) is 11.2 Å². The summed E-state index contributed by atoms with van der Waals surface area (Å²) in [6.07, 6.45) is 3.32. The lowest BCUT2D eigenvalue weighted by Crippen LogP contribution is -2.28. The third-order valence-corrected chi connectivity index (χ3v) is 4.31. The van der Waals surface area contributed by atoms with Gasteiger partial charge in [-0.1, -0.05) is 6.08 Å². The fourth-order valence-electron chi connectivity index (χ4n) is 2.86. The number of nitrogens with two attached hydrogens (primary N) is 2. The van der Waals surface area contributed by atoms with Crippen molar-refractivity contribution >= 4 is 23.8 Å². The Kier molecular flexibility index (Phi) is 7.29. The SMILES string of the molecule is CC(O)C(=O)O.COc1cc(Cc2cc(N)nc(N)n2)c2c(c1OC)OC(C)(C)C=C2. The Morgan fingerprint density at radius 3 is 2.39 bits per heavy atom. The van der Waals surface area contributed by atoms with E-state index in [9.17, 15) is 4.79 Å². The Balaban J connectivity index is 0.000000501. The van der Waals surface area contributed by atoms with Crippen LogP contribution in [0.2, 0.25) is 0 Å². The minimum absolute atomic E-state index is 0.150. The number of aromatic nitrogens is 2. The smallest absolute Gasteiger partial charge is 0.332 e. The van der Waals surface area contributed by atoms with Crippen molar-refractivity contribution in [1.29, 1.82) is 0 Å². The van der Waals surface area contributed by atoms with Gasteiger partial charge in [0.25, 0.3) is 0 Å². The van der Waals surface area contributed by atoms with E-state index < -0.39 is 17.7 Å². The molecule has 2 aromatic rings. The maximum Gasteiger partial charge on any atom is 0.332 e. The summed E-state index contributed by atoms with van der Waals surface area (Å²) < 4.78 is 17.1. The van der Waals surface area contributed by atoms with Crippen molar-refractivity contribution in [3.05, 3.63) is 35.0 Å². The monoisotopic (exact) mass is 432 g/mol. The molecule has 0 saturated carbocycles. The number of aliphatic hydroxyl groups is 1. The van der Waals surface area contributed by atoms with Crippen LogP contribution >= 0.6 is 0 Å². The first-order valence-electron chi connectivity index (χ1n) is 9.43. The van der Waals surface area contributed by atoms with E-state index in [1.165, 1.54) is 6.92 Å². The van der Waals surface area contributed by atoms with Gasteiger partial charge < -0.3 is 35.9 Å². The Hall–Kier alpha value is -3.53. The van der Waals surface area contributed by atoms with Crippen LogP contribution in [0.1, 0.15) is 37.6 Å². The molecule has 168 valence electrons. The highest BCUT2D eigenvalue weighted by Crippen LogP contribution is 2.46. The van der Waals surface area contributed by atoms with Gasteiger partial charge in [-0.25, -0.2) is 9.78 Å². The summed E-state index contributed by atoms with van der Waals surface area (Å²) >= 11 is 0. The number of carboxylic acids is 1. The van der Waals surface area contributed by atoms with Crippen molar-refractivity contribution in [1.82, 2.24) is 9.97 Å². The molecule has 3 rings (SSSR count). The topological polar surface area (TPSA) is 163 Å². The molecule has 1 unspecified atom stereocenters. The number of nitrogens with zero attached hydrogens (tertiary/aromatic N) is 2. The molecule has 0 saturated heterocycles. The van der Waals surface area contributed by atoms with Crippen molar-refractivity contribution in [2.75, 3.05) is 25.7 Å². The molecule has 0 fully saturated rings. The summed E-state index contributed by atoms with van der Waals surface area (Å²) in [7, 11) is 3.19. The minimum atomic E-state index is -1.23. The van der Waals surface area contributed by atoms with Crippen molar-refractivity contribution in [2.45, 2.75) is 38.9 Å². The molecule has 0 radical (unpaired) electrons. The Morgan fingerprint density at radius 2 is 1.87 bits per heavy atom. The molecule has 2 heterocycles. The second-order valence-corrected chi connectivity index (χ2v) is 7.39. The second-order valence-electron chi connectivity index (χ2n) is 7.39. The first-order chi connectivity index (χ1) is 14.5. The summed E-state index contributed by atoms with van der Waals surface area (Å²) in [5.41, 5.74) is 13.7. The van der Waals surface area contributed by atoms with E-state index in [-0.39, 0.29) is 5.95 Å². The maximum absolute atomic E-state index is 9.45. The Bertz CT molecular complexity index is 968. The molecule has 1 aromatic heterocycles. The van der Waals surface area contributed by atoms with Gasteiger partial charge in [0, 0.05) is 18.1 Å². The van der Waals surface area contributed by atoms with Gasteiger partial charge in [-0.2, -0.15) is 4.98 Å². The van der Waals surface area contributed by atoms with Gasteiger partial charge in [-0.05, 0) is 38.5 Å². The number of aliphatic carboxylic acids is 1. The molecule has 1 aliphatic rings. The quantitative estimate of drug-likeness (QED) is 0.548. The highest BCUT2D eigenvalue weighted by atomic mass is 16.5. The van der Waals surface area contributed by atoms with Gasteiger partial charge in [-0.3, -0.25) is 0 Å². The van der Waals surface area contributed by atoms with Crippen LogP contribution in [0.5, 0.6) is 17.2 Å². The molecule has 6 N–H and O–H groups in total. The van der Waals surface area contributed by atoms with Crippen LogP contribution < -0.4 is 25.7 Å². The zero-order chi connectivity index (χ0) is 23.3. The van der Waals surface area contributed by atoms with E-state index in [4.69, 9.17) is 35.9 Å². The van der Waals surface area contributed by atoms with Gasteiger partial charge >= 0.3 is 5.97 Å². The summed E-state index contributed by atoms with van der Waals surface area (Å²) in [5.74, 6) is 1.12. The number of benzene rings is 1. The maximum atomic E-state index is 9.45. The number of carbonyl (C=O) groups is 1. The number of ether oxygens (including phenoxy) is 3. The normalized spacial score (nSPS) is 14.4. The number of nitrogen functional groups attached to an aromatic ring is 2. The number of hydrogen-bond donors (Lipinski definition) is 4. The molecular weight excluding hydrogens is 404 g/mol. The van der Waals surface area contributed by atoms with Crippen LogP contribution in [0, 0.1) is 0 Å². The van der Waals surface area contributed by atoms with E-state index in [1.54, 1.807) is 20.3 Å². The zero-order valence-electron chi connectivity index (χ0n) is 18.2. The van der Waals surface area contributed by atoms with Crippen molar-refractivity contribution in [3.63, 3.8) is 0 Å². The molecule has 0 bridgehead atoms. The Labute approximate surface area is 180 Å². The van der Waals surface area contributed by atoms with Crippen molar-refractivity contribution < 1.29 is 29.2 Å². The highest BCUT2D eigenvalue weighted by molar-refractivity contribution is 5.72. The minimum Gasteiger partial charge on any atom is -0.493 e. The molecule has 0 amide bonds. The van der Waals surface area contributed by atoms with Crippen LogP contribution in [0.4, 0.5) is 11.8 Å². The van der Waals surface area contributed by atoms with Gasteiger partial charge in [0.1, 0.15) is 17.5 Å². The molecular formula is C21H28N4O6. The van der Waals surface area contributed by atoms with E-state index >= 15 is 0 Å². The summed E-state index contributed by atoms with van der Waals surface area (Å²) in [6, 6.07) is 3.62. The molecule has 10 nitrogen and oxygen atoms in total. The number of aliphatic hydroxyl groups excluding tert-OH is 1. The van der Waals surface area contributed by atoms with Crippen molar-refractivity contribution in [3.8, 4) is 17.2 Å². The summed E-state index contributed by atoms with van der Waals surface area (Å²) in [5, 5.41) is 15.8. The number of hydrogen-bond acceptors (Lipinski definition) is 9. The molecule has 1 atom stereocenters. The largest absolute Gasteiger partial charge is 0.493 e. The lowest BCUT2D eigenvalue weighted by atomic mass is 9.95. The van der Waals surface area contributed by atoms with Gasteiger partial charge in [0.15, 0.2) is 11.5 Å². The second kappa shape index (κ2) is 9.52. The molecule has 0 aliphatic carbocycles. The van der Waals surface area contributed by atoms with E-state index in [1.807, 2.05) is 32.1 Å². The van der Waals surface area contributed by atoms with Gasteiger partial charge in [-0.15, -0.1) is 0 Å². The van der Waals surface area contributed by atoms with Crippen LogP contribution in [0.15, 0.2) is 18.2 Å². The van der Waals surface area contributed by atoms with Gasteiger partial charge in [0.2, 0.25) is 11.7 Å². The standard InChI is InChI=1S/C18H22N4O3.C3H6O3/c1-18(2)6-5-12-10(7-11-9-14(19)22-17(20)21-11)8-13(23-3)16(24-4)15(12)25-18;1-2(4)3(5)6/h5-6,8-9H,7H2,1-4H3,(H4,19,20,21,22);2,4H,1H3,(H,5,6). The highest BCUT2D eigenvalue weighted by Gasteiger charge is 2.29.